The molecular formula is C19H27N3O2. The van der Waals surface area contributed by atoms with Crippen LogP contribution in [0.5, 0.6) is 0 Å². The summed E-state index contributed by atoms with van der Waals surface area (Å²) >= 11 is 0. The first-order valence-electron chi connectivity index (χ1n) is 9.08. The Morgan fingerprint density at radius 2 is 1.96 bits per heavy atom. The predicted molar refractivity (Wildman–Crippen MR) is 92.7 cm³/mol. The SMILES string of the molecule is CCN1C[C@H]2C[C@@H](O)CN2C2(C1)CN(C(=O)Cc1ccccc1)C2. The summed E-state index contributed by atoms with van der Waals surface area (Å²) in [4.78, 5) is 19.5. The van der Waals surface area contributed by atoms with E-state index in [1.165, 1.54) is 0 Å². The fourth-order valence-electron chi connectivity index (χ4n) is 4.76. The van der Waals surface area contributed by atoms with E-state index in [4.69, 9.17) is 0 Å². The molecule has 0 aromatic heterocycles. The van der Waals surface area contributed by atoms with E-state index in [0.29, 0.717) is 12.5 Å². The summed E-state index contributed by atoms with van der Waals surface area (Å²) in [5.41, 5.74) is 1.14. The fourth-order valence-corrected chi connectivity index (χ4v) is 4.76. The van der Waals surface area contributed by atoms with Gasteiger partial charge in [0.1, 0.15) is 0 Å². The third-order valence-corrected chi connectivity index (χ3v) is 5.96. The molecule has 0 unspecified atom stereocenters. The number of carbonyl (C=O) groups is 1. The first-order chi connectivity index (χ1) is 11.6. The smallest absolute Gasteiger partial charge is 0.227 e. The van der Waals surface area contributed by atoms with Crippen molar-refractivity contribution in [2.24, 2.45) is 0 Å². The summed E-state index contributed by atoms with van der Waals surface area (Å²) in [6, 6.07) is 10.4. The Morgan fingerprint density at radius 3 is 2.67 bits per heavy atom. The van der Waals surface area contributed by atoms with Crippen LogP contribution in [0, 0.1) is 0 Å². The Labute approximate surface area is 143 Å². The first-order valence-corrected chi connectivity index (χ1v) is 9.08. The van der Waals surface area contributed by atoms with Gasteiger partial charge in [0.2, 0.25) is 5.91 Å². The molecule has 0 radical (unpaired) electrons. The normalized spacial score (nSPS) is 29.5. The van der Waals surface area contributed by atoms with Gasteiger partial charge >= 0.3 is 0 Å². The summed E-state index contributed by atoms with van der Waals surface area (Å²) in [6.07, 6.45) is 1.15. The summed E-state index contributed by atoms with van der Waals surface area (Å²) < 4.78 is 0. The Kier molecular flexibility index (Phi) is 4.11. The van der Waals surface area contributed by atoms with Crippen LogP contribution in [-0.2, 0) is 11.2 Å². The number of aliphatic hydroxyl groups excluding tert-OH is 1. The molecule has 5 nitrogen and oxygen atoms in total. The maximum Gasteiger partial charge on any atom is 0.227 e. The minimum absolute atomic E-state index is 0.0583. The van der Waals surface area contributed by atoms with Crippen molar-refractivity contribution in [2.75, 3.05) is 39.3 Å². The topological polar surface area (TPSA) is 47.0 Å². The zero-order chi connectivity index (χ0) is 16.7. The number of carbonyl (C=O) groups excluding carboxylic acids is 1. The van der Waals surface area contributed by atoms with Gasteiger partial charge in [0.25, 0.3) is 0 Å². The van der Waals surface area contributed by atoms with Crippen molar-refractivity contribution in [3.05, 3.63) is 35.9 Å². The molecule has 3 aliphatic heterocycles. The molecule has 0 bridgehead atoms. The largest absolute Gasteiger partial charge is 0.392 e. The van der Waals surface area contributed by atoms with Crippen LogP contribution >= 0.6 is 0 Å². The van der Waals surface area contributed by atoms with E-state index < -0.39 is 0 Å². The molecule has 3 aliphatic rings. The summed E-state index contributed by atoms with van der Waals surface area (Å²) in [7, 11) is 0. The van der Waals surface area contributed by atoms with E-state index in [9.17, 15) is 9.90 Å². The summed E-state index contributed by atoms with van der Waals surface area (Å²) in [5.74, 6) is 0.219. The van der Waals surface area contributed by atoms with E-state index in [1.54, 1.807) is 0 Å². The monoisotopic (exact) mass is 329 g/mol. The number of likely N-dealkylation sites (N-methyl/N-ethyl adjacent to an activating group) is 1. The minimum Gasteiger partial charge on any atom is -0.392 e. The maximum absolute atomic E-state index is 12.6. The second-order valence-electron chi connectivity index (χ2n) is 7.66. The van der Waals surface area contributed by atoms with Crippen LogP contribution in [0.15, 0.2) is 30.3 Å². The quantitative estimate of drug-likeness (QED) is 0.881. The van der Waals surface area contributed by atoms with Crippen LogP contribution in [0.25, 0.3) is 0 Å². The van der Waals surface area contributed by atoms with E-state index in [2.05, 4.69) is 16.7 Å². The Balaban J connectivity index is 1.43. The molecular weight excluding hydrogens is 302 g/mol. The lowest BCUT2D eigenvalue weighted by Gasteiger charge is -2.61. The van der Waals surface area contributed by atoms with Gasteiger partial charge in [-0.25, -0.2) is 0 Å². The van der Waals surface area contributed by atoms with Crippen LogP contribution in [0.3, 0.4) is 0 Å². The Hall–Kier alpha value is -1.43. The van der Waals surface area contributed by atoms with E-state index in [0.717, 1.165) is 51.3 Å². The fraction of sp³-hybridized carbons (Fsp3) is 0.632. The molecule has 3 saturated heterocycles. The van der Waals surface area contributed by atoms with Crippen molar-refractivity contribution >= 4 is 5.91 Å². The second kappa shape index (κ2) is 6.14. The molecule has 0 aliphatic carbocycles. The number of hydrogen-bond donors (Lipinski definition) is 1. The number of amides is 1. The van der Waals surface area contributed by atoms with Crippen LogP contribution < -0.4 is 0 Å². The van der Waals surface area contributed by atoms with Gasteiger partial charge < -0.3 is 14.9 Å². The van der Waals surface area contributed by atoms with Gasteiger partial charge in [0, 0.05) is 38.8 Å². The van der Waals surface area contributed by atoms with Gasteiger partial charge in [-0.2, -0.15) is 0 Å². The first kappa shape index (κ1) is 16.1. The second-order valence-corrected chi connectivity index (χ2v) is 7.66. The third-order valence-electron chi connectivity index (χ3n) is 5.96. The zero-order valence-corrected chi connectivity index (χ0v) is 14.4. The van der Waals surface area contributed by atoms with Gasteiger partial charge in [0.05, 0.1) is 18.1 Å². The molecule has 5 heteroatoms. The third kappa shape index (κ3) is 2.75. The Morgan fingerprint density at radius 1 is 1.21 bits per heavy atom. The molecule has 4 rings (SSSR count). The molecule has 130 valence electrons. The lowest BCUT2D eigenvalue weighted by atomic mass is 9.83. The number of benzene rings is 1. The lowest BCUT2D eigenvalue weighted by Crippen LogP contribution is -2.78. The molecule has 1 aromatic carbocycles. The van der Waals surface area contributed by atoms with E-state index in [1.807, 2.05) is 35.2 Å². The zero-order valence-electron chi connectivity index (χ0n) is 14.4. The van der Waals surface area contributed by atoms with Crippen LogP contribution in [0.4, 0.5) is 0 Å². The minimum atomic E-state index is -0.210. The molecule has 3 heterocycles. The average Bonchev–Trinajstić information content (AvgIpc) is 2.92. The maximum atomic E-state index is 12.6. The highest BCUT2D eigenvalue weighted by Gasteiger charge is 2.56. The number of β-amino-alcohol motifs (C(OH)–C–C–N with tert-alkyl or cyclic N) is 1. The van der Waals surface area contributed by atoms with Gasteiger partial charge in [-0.15, -0.1) is 0 Å². The lowest BCUT2D eigenvalue weighted by molar-refractivity contribution is -0.155. The van der Waals surface area contributed by atoms with Crippen LogP contribution in [-0.4, -0.2) is 82.7 Å². The summed E-state index contributed by atoms with van der Waals surface area (Å²) in [5, 5.41) is 10.1. The number of nitrogens with zero attached hydrogens (tertiary/aromatic N) is 3. The van der Waals surface area contributed by atoms with Crippen molar-refractivity contribution < 1.29 is 9.90 Å². The number of likely N-dealkylation sites (tertiary alicyclic amines) is 1. The molecule has 2 atom stereocenters. The Bertz CT molecular complexity index is 600. The number of aliphatic hydroxyl groups is 1. The molecule has 1 spiro atoms. The van der Waals surface area contributed by atoms with Crippen LogP contribution in [0.1, 0.15) is 18.9 Å². The van der Waals surface area contributed by atoms with Crippen molar-refractivity contribution in [1.82, 2.24) is 14.7 Å². The van der Waals surface area contributed by atoms with E-state index >= 15 is 0 Å². The van der Waals surface area contributed by atoms with Crippen molar-refractivity contribution in [3.8, 4) is 0 Å². The highest BCUT2D eigenvalue weighted by molar-refractivity contribution is 5.80. The molecule has 1 amide bonds. The van der Waals surface area contributed by atoms with Crippen molar-refractivity contribution in [3.63, 3.8) is 0 Å². The highest BCUT2D eigenvalue weighted by atomic mass is 16.3. The van der Waals surface area contributed by atoms with Gasteiger partial charge in [-0.1, -0.05) is 37.3 Å². The standard InChI is InChI=1S/C19H27N3O2/c1-2-20-10-16-9-17(23)11-22(16)19(12-20)13-21(14-19)18(24)8-15-6-4-3-5-7-15/h3-7,16-17,23H,2,8-14H2,1H3/t16-,17-/m1/s1. The van der Waals surface area contributed by atoms with Gasteiger partial charge in [-0.3, -0.25) is 9.69 Å². The number of rotatable bonds is 3. The summed E-state index contributed by atoms with van der Waals surface area (Å²) in [6.45, 7) is 7.68. The van der Waals surface area contributed by atoms with Crippen LogP contribution in [0.2, 0.25) is 0 Å². The average molecular weight is 329 g/mol. The molecule has 24 heavy (non-hydrogen) atoms. The highest BCUT2D eigenvalue weighted by Crippen LogP contribution is 2.38. The van der Waals surface area contributed by atoms with Crippen molar-refractivity contribution in [1.29, 1.82) is 0 Å². The van der Waals surface area contributed by atoms with Crippen molar-refractivity contribution in [2.45, 2.75) is 37.5 Å². The van der Waals surface area contributed by atoms with Gasteiger partial charge in [0.15, 0.2) is 0 Å². The number of piperazine rings is 1. The molecule has 3 fully saturated rings. The predicted octanol–water partition coefficient (Wildman–Crippen LogP) is 0.581. The number of fused-ring (bicyclic) bond motifs is 2. The molecule has 1 aromatic rings. The van der Waals surface area contributed by atoms with E-state index in [-0.39, 0.29) is 17.6 Å². The number of hydrogen-bond acceptors (Lipinski definition) is 4. The molecule has 0 saturated carbocycles. The molecule has 1 N–H and O–H groups in total. The van der Waals surface area contributed by atoms with Gasteiger partial charge in [-0.05, 0) is 18.5 Å².